The van der Waals surface area contributed by atoms with Gasteiger partial charge in [0.15, 0.2) is 0 Å². The normalized spacial score (nSPS) is 15.8. The standard InChI is InChI=1S/C16H18FN3O3S2/c1-9-8-18-16(24-9)15(11-3-4-11)20-25(22,23)12-5-6-13(17)14(7-12)19-10(2)21/h5-8,11,15,20H,3-4H2,1-2H3,(H,19,21)/t15-/m0/s1. The van der Waals surface area contributed by atoms with E-state index in [4.69, 9.17) is 0 Å². The Morgan fingerprint density at radius 1 is 1.40 bits per heavy atom. The Hall–Kier alpha value is -1.84. The summed E-state index contributed by atoms with van der Waals surface area (Å²) in [7, 11) is -3.88. The number of benzene rings is 1. The minimum absolute atomic E-state index is 0.100. The summed E-state index contributed by atoms with van der Waals surface area (Å²) in [4.78, 5) is 16.3. The van der Waals surface area contributed by atoms with Gasteiger partial charge < -0.3 is 5.32 Å². The first-order valence-electron chi connectivity index (χ1n) is 7.78. The second kappa shape index (κ2) is 6.81. The molecule has 1 fully saturated rings. The quantitative estimate of drug-likeness (QED) is 0.803. The van der Waals surface area contributed by atoms with Crippen molar-refractivity contribution in [3.63, 3.8) is 0 Å². The molecule has 1 aliphatic rings. The van der Waals surface area contributed by atoms with Crippen molar-refractivity contribution in [3.05, 3.63) is 40.1 Å². The van der Waals surface area contributed by atoms with Crippen LogP contribution in [0.5, 0.6) is 0 Å². The van der Waals surface area contributed by atoms with Gasteiger partial charge >= 0.3 is 0 Å². The lowest BCUT2D eigenvalue weighted by Crippen LogP contribution is -2.30. The van der Waals surface area contributed by atoms with Crippen molar-refractivity contribution in [3.8, 4) is 0 Å². The lowest BCUT2D eigenvalue weighted by Gasteiger charge is -2.16. The van der Waals surface area contributed by atoms with Crippen molar-refractivity contribution < 1.29 is 17.6 Å². The van der Waals surface area contributed by atoms with Gasteiger partial charge in [-0.3, -0.25) is 4.79 Å². The molecule has 3 rings (SSSR count). The number of thiazole rings is 1. The van der Waals surface area contributed by atoms with Crippen molar-refractivity contribution in [2.45, 2.75) is 37.6 Å². The summed E-state index contributed by atoms with van der Waals surface area (Å²) in [5, 5.41) is 3.02. The zero-order valence-electron chi connectivity index (χ0n) is 13.7. The SMILES string of the molecule is CC(=O)Nc1cc(S(=O)(=O)N[C@H](c2ncc(C)s2)C2CC2)ccc1F. The Labute approximate surface area is 149 Å². The van der Waals surface area contributed by atoms with Gasteiger partial charge in [-0.25, -0.2) is 22.5 Å². The maximum atomic E-state index is 13.7. The molecule has 2 aromatic rings. The third-order valence-corrected chi connectivity index (χ3v) is 6.27. The molecule has 1 amide bonds. The number of anilines is 1. The molecule has 1 saturated carbocycles. The van der Waals surface area contributed by atoms with Crippen LogP contribution in [0.3, 0.4) is 0 Å². The number of aromatic nitrogens is 1. The Balaban J connectivity index is 1.89. The molecule has 0 bridgehead atoms. The highest BCUT2D eigenvalue weighted by atomic mass is 32.2. The Morgan fingerprint density at radius 2 is 2.12 bits per heavy atom. The van der Waals surface area contributed by atoms with E-state index in [9.17, 15) is 17.6 Å². The van der Waals surface area contributed by atoms with Crippen LogP contribution >= 0.6 is 11.3 Å². The zero-order valence-corrected chi connectivity index (χ0v) is 15.4. The largest absolute Gasteiger partial charge is 0.324 e. The van der Waals surface area contributed by atoms with Crippen molar-refractivity contribution in [2.24, 2.45) is 5.92 Å². The molecule has 0 unspecified atom stereocenters. The summed E-state index contributed by atoms with van der Waals surface area (Å²) in [6.45, 7) is 3.14. The second-order valence-electron chi connectivity index (χ2n) is 6.07. The number of carbonyl (C=O) groups excluding carboxylic acids is 1. The van der Waals surface area contributed by atoms with Gasteiger partial charge in [0.25, 0.3) is 0 Å². The van der Waals surface area contributed by atoms with Crippen LogP contribution in [-0.4, -0.2) is 19.3 Å². The highest BCUT2D eigenvalue weighted by Crippen LogP contribution is 2.42. The van der Waals surface area contributed by atoms with Gasteiger partial charge in [0, 0.05) is 18.0 Å². The molecule has 9 heteroatoms. The van der Waals surface area contributed by atoms with Crippen LogP contribution in [0.4, 0.5) is 10.1 Å². The Bertz CT molecular complexity index is 907. The maximum absolute atomic E-state index is 13.7. The minimum Gasteiger partial charge on any atom is -0.324 e. The van der Waals surface area contributed by atoms with E-state index in [1.165, 1.54) is 24.3 Å². The topological polar surface area (TPSA) is 88.2 Å². The highest BCUT2D eigenvalue weighted by molar-refractivity contribution is 7.89. The van der Waals surface area contributed by atoms with E-state index in [0.29, 0.717) is 0 Å². The van der Waals surface area contributed by atoms with E-state index in [0.717, 1.165) is 34.9 Å². The molecule has 1 aromatic carbocycles. The monoisotopic (exact) mass is 383 g/mol. The zero-order chi connectivity index (χ0) is 18.2. The van der Waals surface area contributed by atoms with Gasteiger partial charge in [0.1, 0.15) is 10.8 Å². The average Bonchev–Trinajstić information content (AvgIpc) is 3.28. The highest BCUT2D eigenvalue weighted by Gasteiger charge is 2.37. The lowest BCUT2D eigenvalue weighted by molar-refractivity contribution is -0.114. The number of rotatable bonds is 6. The van der Waals surface area contributed by atoms with Crippen LogP contribution in [0.25, 0.3) is 0 Å². The van der Waals surface area contributed by atoms with Crippen LogP contribution in [0.1, 0.15) is 35.7 Å². The van der Waals surface area contributed by atoms with Gasteiger partial charge in [0.05, 0.1) is 16.6 Å². The van der Waals surface area contributed by atoms with Crippen LogP contribution in [-0.2, 0) is 14.8 Å². The smallest absolute Gasteiger partial charge is 0.241 e. The number of amides is 1. The fourth-order valence-corrected chi connectivity index (χ4v) is 4.77. The van der Waals surface area contributed by atoms with Crippen molar-refractivity contribution >= 4 is 33.0 Å². The van der Waals surface area contributed by atoms with Crippen LogP contribution in [0.2, 0.25) is 0 Å². The van der Waals surface area contributed by atoms with Crippen molar-refractivity contribution in [1.29, 1.82) is 0 Å². The number of sulfonamides is 1. The van der Waals surface area contributed by atoms with E-state index >= 15 is 0 Å². The Morgan fingerprint density at radius 3 is 2.68 bits per heavy atom. The first kappa shape index (κ1) is 18.0. The molecule has 1 aromatic heterocycles. The van der Waals surface area contributed by atoms with E-state index in [2.05, 4.69) is 15.0 Å². The van der Waals surface area contributed by atoms with Crippen molar-refractivity contribution in [1.82, 2.24) is 9.71 Å². The number of hydrogen-bond acceptors (Lipinski definition) is 5. The fourth-order valence-electron chi connectivity index (χ4n) is 2.49. The summed E-state index contributed by atoms with van der Waals surface area (Å²) in [6.07, 6.45) is 3.59. The molecule has 0 spiro atoms. The fraction of sp³-hybridized carbons (Fsp3) is 0.375. The maximum Gasteiger partial charge on any atom is 0.241 e. The number of aryl methyl sites for hydroxylation is 1. The summed E-state index contributed by atoms with van der Waals surface area (Å²) in [5.41, 5.74) is -0.163. The Kier molecular flexibility index (Phi) is 4.90. The van der Waals surface area contributed by atoms with E-state index < -0.39 is 27.8 Å². The molecule has 0 saturated heterocycles. The molecule has 2 N–H and O–H groups in total. The number of halogens is 1. The van der Waals surface area contributed by atoms with Gasteiger partial charge in [-0.1, -0.05) is 0 Å². The number of nitrogens with zero attached hydrogens (tertiary/aromatic N) is 1. The number of carbonyl (C=O) groups is 1. The molecule has 6 nitrogen and oxygen atoms in total. The molecule has 134 valence electrons. The summed E-state index contributed by atoms with van der Waals surface area (Å²) < 4.78 is 41.9. The molecule has 0 aliphatic heterocycles. The van der Waals surface area contributed by atoms with Gasteiger partial charge in [0.2, 0.25) is 15.9 Å². The lowest BCUT2D eigenvalue weighted by atomic mass is 10.2. The van der Waals surface area contributed by atoms with Gasteiger partial charge in [-0.2, -0.15) is 0 Å². The van der Waals surface area contributed by atoms with Crippen LogP contribution in [0.15, 0.2) is 29.3 Å². The number of hydrogen-bond donors (Lipinski definition) is 2. The number of nitrogens with one attached hydrogen (secondary N) is 2. The molecule has 1 heterocycles. The van der Waals surface area contributed by atoms with E-state index in [-0.39, 0.29) is 16.5 Å². The molecule has 0 radical (unpaired) electrons. The third kappa shape index (κ3) is 4.23. The van der Waals surface area contributed by atoms with Crippen molar-refractivity contribution in [2.75, 3.05) is 5.32 Å². The molecular weight excluding hydrogens is 365 g/mol. The minimum atomic E-state index is -3.88. The summed E-state index contributed by atoms with van der Waals surface area (Å²) in [5.74, 6) is -0.949. The molecule has 1 aliphatic carbocycles. The second-order valence-corrected chi connectivity index (χ2v) is 9.05. The first-order valence-corrected chi connectivity index (χ1v) is 10.1. The average molecular weight is 383 g/mol. The predicted octanol–water partition coefficient (Wildman–Crippen LogP) is 2.98. The van der Waals surface area contributed by atoms with Crippen LogP contribution in [0, 0.1) is 18.7 Å². The van der Waals surface area contributed by atoms with Gasteiger partial charge in [-0.15, -0.1) is 11.3 Å². The molecule has 25 heavy (non-hydrogen) atoms. The van der Waals surface area contributed by atoms with Crippen LogP contribution < -0.4 is 10.0 Å². The first-order chi connectivity index (χ1) is 11.8. The van der Waals surface area contributed by atoms with E-state index in [1.807, 2.05) is 6.92 Å². The predicted molar refractivity (Wildman–Crippen MR) is 93.3 cm³/mol. The summed E-state index contributed by atoms with van der Waals surface area (Å²) in [6, 6.07) is 2.94. The van der Waals surface area contributed by atoms with E-state index in [1.54, 1.807) is 6.20 Å². The van der Waals surface area contributed by atoms with Gasteiger partial charge in [-0.05, 0) is 43.9 Å². The summed E-state index contributed by atoms with van der Waals surface area (Å²) >= 11 is 1.46. The molecule has 1 atom stereocenters. The third-order valence-electron chi connectivity index (χ3n) is 3.84. The molecular formula is C16H18FN3O3S2.